The molecule has 1 aliphatic rings. The van der Waals surface area contributed by atoms with E-state index >= 15 is 0 Å². The number of hydrogen-bond acceptors (Lipinski definition) is 3. The topological polar surface area (TPSA) is 18.5 Å². The third-order valence-corrected chi connectivity index (χ3v) is 4.78. The molecule has 2 unspecified atom stereocenters. The van der Waals surface area contributed by atoms with E-state index in [9.17, 15) is 0 Å². The zero-order valence-electron chi connectivity index (χ0n) is 8.96. The van der Waals surface area contributed by atoms with Crippen LogP contribution in [0.2, 0.25) is 0 Å². The Labute approximate surface area is 99.2 Å². The van der Waals surface area contributed by atoms with Crippen molar-refractivity contribution in [2.24, 2.45) is 0 Å². The Morgan fingerprint density at radius 3 is 2.93 bits per heavy atom. The van der Waals surface area contributed by atoms with E-state index in [1.807, 2.05) is 12.1 Å². The van der Waals surface area contributed by atoms with Gasteiger partial charge in [-0.1, -0.05) is 0 Å². The second kappa shape index (κ2) is 4.32. The highest BCUT2D eigenvalue weighted by Gasteiger charge is 2.38. The van der Waals surface area contributed by atoms with Gasteiger partial charge in [-0.15, -0.1) is 22.9 Å². The van der Waals surface area contributed by atoms with Crippen LogP contribution in [0.3, 0.4) is 0 Å². The predicted molar refractivity (Wildman–Crippen MR) is 63.1 cm³/mol. The summed E-state index contributed by atoms with van der Waals surface area (Å²) >= 11 is 8.05. The van der Waals surface area contributed by atoms with Crippen LogP contribution < -0.4 is 4.74 Å². The quantitative estimate of drug-likeness (QED) is 0.759. The zero-order valence-corrected chi connectivity index (χ0v) is 10.5. The fraction of sp³-hybridized carbons (Fsp3) is 0.636. The van der Waals surface area contributed by atoms with Gasteiger partial charge in [0.25, 0.3) is 0 Å². The minimum atomic E-state index is -0.211. The van der Waals surface area contributed by atoms with Crippen molar-refractivity contribution in [3.8, 4) is 5.06 Å². The molecule has 4 heteroatoms. The van der Waals surface area contributed by atoms with Crippen molar-refractivity contribution in [2.45, 2.75) is 30.7 Å². The van der Waals surface area contributed by atoms with Gasteiger partial charge in [-0.3, -0.25) is 0 Å². The zero-order chi connectivity index (χ0) is 10.9. The van der Waals surface area contributed by atoms with E-state index in [1.54, 1.807) is 18.4 Å². The minimum Gasteiger partial charge on any atom is -0.487 e. The standard InChI is InChI=1S/C11H15ClO2S/c1-11(6-3-7-14-11)10(12)8-4-5-9(13-2)15-8/h4-5,10H,3,6-7H2,1-2H3. The molecule has 1 fully saturated rings. The van der Waals surface area contributed by atoms with Gasteiger partial charge in [-0.25, -0.2) is 0 Å². The largest absolute Gasteiger partial charge is 0.487 e. The Hall–Kier alpha value is -0.250. The number of methoxy groups -OCH3 is 1. The van der Waals surface area contributed by atoms with E-state index in [2.05, 4.69) is 6.92 Å². The fourth-order valence-corrected chi connectivity index (χ4v) is 3.20. The van der Waals surface area contributed by atoms with Gasteiger partial charge in [-0.2, -0.15) is 0 Å². The average molecular weight is 247 g/mol. The van der Waals surface area contributed by atoms with Crippen molar-refractivity contribution in [1.29, 1.82) is 0 Å². The maximum atomic E-state index is 6.45. The Morgan fingerprint density at radius 1 is 1.60 bits per heavy atom. The number of thiophene rings is 1. The van der Waals surface area contributed by atoms with Crippen LogP contribution in [0.5, 0.6) is 5.06 Å². The first kappa shape index (κ1) is 11.2. The fourth-order valence-electron chi connectivity index (χ4n) is 1.88. The molecular formula is C11H15ClO2S. The molecular weight excluding hydrogens is 232 g/mol. The smallest absolute Gasteiger partial charge is 0.173 e. The van der Waals surface area contributed by atoms with Gasteiger partial charge in [0, 0.05) is 11.5 Å². The van der Waals surface area contributed by atoms with Gasteiger partial charge in [0.15, 0.2) is 5.06 Å². The summed E-state index contributed by atoms with van der Waals surface area (Å²) in [5.41, 5.74) is -0.211. The van der Waals surface area contributed by atoms with Crippen LogP contribution in [0.15, 0.2) is 12.1 Å². The molecule has 0 amide bonds. The van der Waals surface area contributed by atoms with E-state index in [-0.39, 0.29) is 11.0 Å². The maximum absolute atomic E-state index is 6.45. The summed E-state index contributed by atoms with van der Waals surface area (Å²) in [5.74, 6) is 0. The maximum Gasteiger partial charge on any atom is 0.173 e. The van der Waals surface area contributed by atoms with Crippen molar-refractivity contribution in [2.75, 3.05) is 13.7 Å². The van der Waals surface area contributed by atoms with Crippen LogP contribution in [-0.2, 0) is 4.74 Å². The summed E-state index contributed by atoms with van der Waals surface area (Å²) in [6.07, 6.45) is 2.13. The van der Waals surface area contributed by atoms with E-state index < -0.39 is 0 Å². The monoisotopic (exact) mass is 246 g/mol. The number of hydrogen-bond donors (Lipinski definition) is 0. The van der Waals surface area contributed by atoms with Crippen molar-refractivity contribution in [3.05, 3.63) is 17.0 Å². The highest BCUT2D eigenvalue weighted by atomic mass is 35.5. The Bertz CT molecular complexity index is 331. The molecule has 2 heterocycles. The normalized spacial score (nSPS) is 27.9. The number of alkyl halides is 1. The average Bonchev–Trinajstić information content (AvgIpc) is 2.85. The molecule has 0 N–H and O–H groups in total. The molecule has 2 rings (SSSR count). The molecule has 0 saturated carbocycles. The molecule has 0 aromatic carbocycles. The Kier molecular flexibility index (Phi) is 3.24. The van der Waals surface area contributed by atoms with E-state index in [1.165, 1.54) is 0 Å². The number of ether oxygens (including phenoxy) is 2. The van der Waals surface area contributed by atoms with Gasteiger partial charge in [-0.05, 0) is 31.9 Å². The lowest BCUT2D eigenvalue weighted by Crippen LogP contribution is -2.28. The molecule has 1 aromatic heterocycles. The van der Waals surface area contributed by atoms with Gasteiger partial charge in [0.1, 0.15) is 0 Å². The SMILES string of the molecule is COc1ccc(C(Cl)C2(C)CCCO2)s1. The summed E-state index contributed by atoms with van der Waals surface area (Å²) in [7, 11) is 1.67. The molecule has 2 atom stereocenters. The van der Waals surface area contributed by atoms with Crippen LogP contribution in [0.25, 0.3) is 0 Å². The third-order valence-electron chi connectivity index (χ3n) is 2.84. The van der Waals surface area contributed by atoms with Crippen molar-refractivity contribution in [1.82, 2.24) is 0 Å². The van der Waals surface area contributed by atoms with E-state index in [4.69, 9.17) is 21.1 Å². The first-order valence-corrected chi connectivity index (χ1v) is 6.33. The molecule has 0 spiro atoms. The summed E-state index contributed by atoms with van der Waals surface area (Å²) in [4.78, 5) is 1.12. The summed E-state index contributed by atoms with van der Waals surface area (Å²) in [6, 6.07) is 3.97. The first-order valence-electron chi connectivity index (χ1n) is 5.07. The van der Waals surface area contributed by atoms with E-state index in [0.717, 1.165) is 29.4 Å². The molecule has 1 aliphatic heterocycles. The molecule has 2 nitrogen and oxygen atoms in total. The lowest BCUT2D eigenvalue weighted by atomic mass is 9.97. The molecule has 0 bridgehead atoms. The van der Waals surface area contributed by atoms with Crippen LogP contribution in [0.1, 0.15) is 30.0 Å². The number of halogens is 1. The molecule has 0 radical (unpaired) electrons. The summed E-state index contributed by atoms with van der Waals surface area (Å²) in [6.45, 7) is 2.91. The van der Waals surface area contributed by atoms with Crippen LogP contribution in [-0.4, -0.2) is 19.3 Å². The van der Waals surface area contributed by atoms with Crippen LogP contribution in [0.4, 0.5) is 0 Å². The highest BCUT2D eigenvalue weighted by Crippen LogP contribution is 2.44. The summed E-state index contributed by atoms with van der Waals surface area (Å²) in [5, 5.41) is 0.825. The molecule has 84 valence electrons. The van der Waals surface area contributed by atoms with Crippen molar-refractivity contribution >= 4 is 22.9 Å². The van der Waals surface area contributed by atoms with Crippen LogP contribution >= 0.6 is 22.9 Å². The van der Waals surface area contributed by atoms with Crippen molar-refractivity contribution in [3.63, 3.8) is 0 Å². The molecule has 1 saturated heterocycles. The first-order chi connectivity index (χ1) is 7.15. The molecule has 15 heavy (non-hydrogen) atoms. The lowest BCUT2D eigenvalue weighted by molar-refractivity contribution is 0.0171. The highest BCUT2D eigenvalue weighted by molar-refractivity contribution is 7.14. The van der Waals surface area contributed by atoms with Gasteiger partial charge in [0.2, 0.25) is 0 Å². The van der Waals surface area contributed by atoms with Crippen molar-refractivity contribution < 1.29 is 9.47 Å². The van der Waals surface area contributed by atoms with Gasteiger partial charge < -0.3 is 9.47 Å². The second-order valence-corrected chi connectivity index (χ2v) is 5.50. The van der Waals surface area contributed by atoms with Gasteiger partial charge in [0.05, 0.1) is 18.1 Å². The Balaban J connectivity index is 2.15. The van der Waals surface area contributed by atoms with Crippen LogP contribution in [0, 0.1) is 0 Å². The second-order valence-electron chi connectivity index (χ2n) is 3.99. The number of rotatable bonds is 3. The predicted octanol–water partition coefficient (Wildman–Crippen LogP) is 3.61. The third kappa shape index (κ3) is 2.14. The molecule has 0 aliphatic carbocycles. The minimum absolute atomic E-state index is 0.0751. The van der Waals surface area contributed by atoms with Gasteiger partial charge >= 0.3 is 0 Å². The lowest BCUT2D eigenvalue weighted by Gasteiger charge is -2.27. The summed E-state index contributed by atoms with van der Waals surface area (Å²) < 4.78 is 10.9. The Morgan fingerprint density at radius 2 is 2.40 bits per heavy atom. The molecule has 1 aromatic rings. The van der Waals surface area contributed by atoms with E-state index in [0.29, 0.717) is 0 Å².